The topological polar surface area (TPSA) is 66.9 Å². The normalized spacial score (nSPS) is 19.4. The number of urea groups is 1. The molecule has 1 saturated carbocycles. The summed E-state index contributed by atoms with van der Waals surface area (Å²) in [5.41, 5.74) is 0.416. The highest BCUT2D eigenvalue weighted by molar-refractivity contribution is 6.44. The number of imide groups is 2. The van der Waals surface area contributed by atoms with Crippen LogP contribution in [0.15, 0.2) is 24.3 Å². The Balaban J connectivity index is 1.70. The van der Waals surface area contributed by atoms with Gasteiger partial charge in [-0.15, -0.1) is 13.2 Å². The third kappa shape index (κ3) is 3.81. The van der Waals surface area contributed by atoms with Crippen molar-refractivity contribution in [1.82, 2.24) is 9.80 Å². The number of benzene rings is 1. The highest BCUT2D eigenvalue weighted by Gasteiger charge is 2.47. The zero-order chi connectivity index (χ0) is 18.9. The lowest BCUT2D eigenvalue weighted by atomic mass is 9.94. The van der Waals surface area contributed by atoms with Crippen molar-refractivity contribution in [2.24, 2.45) is 0 Å². The average molecular weight is 370 g/mol. The second kappa shape index (κ2) is 6.97. The Labute approximate surface area is 147 Å². The molecule has 0 bridgehead atoms. The Hall–Kier alpha value is -2.58. The van der Waals surface area contributed by atoms with Gasteiger partial charge >= 0.3 is 24.2 Å². The molecule has 3 rings (SSSR count). The van der Waals surface area contributed by atoms with Crippen LogP contribution in [0.5, 0.6) is 5.75 Å². The summed E-state index contributed by atoms with van der Waals surface area (Å²) in [5.74, 6) is -2.14. The summed E-state index contributed by atoms with van der Waals surface area (Å²) in [6.07, 6.45) is -0.594. The number of rotatable bonds is 4. The molecule has 2 aliphatic rings. The van der Waals surface area contributed by atoms with E-state index in [1.165, 1.54) is 12.1 Å². The van der Waals surface area contributed by atoms with Crippen molar-refractivity contribution in [3.05, 3.63) is 29.8 Å². The maximum Gasteiger partial charge on any atom is 0.573 e. The summed E-state index contributed by atoms with van der Waals surface area (Å²) in [7, 11) is 0. The van der Waals surface area contributed by atoms with E-state index < -0.39 is 30.0 Å². The Kier molecular flexibility index (Phi) is 4.88. The van der Waals surface area contributed by atoms with E-state index in [0.29, 0.717) is 18.4 Å². The zero-order valence-corrected chi connectivity index (χ0v) is 13.8. The van der Waals surface area contributed by atoms with Gasteiger partial charge in [-0.2, -0.15) is 0 Å². The molecule has 0 atom stereocenters. The fourth-order valence-electron chi connectivity index (χ4n) is 3.30. The number of amides is 4. The fraction of sp³-hybridized carbons (Fsp3) is 0.471. The molecular weight excluding hydrogens is 353 g/mol. The Morgan fingerprint density at radius 1 is 0.962 bits per heavy atom. The van der Waals surface area contributed by atoms with E-state index in [1.54, 1.807) is 0 Å². The molecule has 1 aliphatic heterocycles. The predicted octanol–water partition coefficient (Wildman–Crippen LogP) is 3.21. The zero-order valence-electron chi connectivity index (χ0n) is 13.8. The van der Waals surface area contributed by atoms with Crippen LogP contribution in [0.2, 0.25) is 0 Å². The average Bonchev–Trinajstić information content (AvgIpc) is 2.79. The standard InChI is InChI=1S/C17H17F3N2O4/c18-17(19,20)26-13-8-6-11(7-9-13)10-21-14(23)15(24)22(16(21)25)12-4-2-1-3-5-12/h6-9,12H,1-5,10H2. The minimum Gasteiger partial charge on any atom is -0.406 e. The highest BCUT2D eigenvalue weighted by atomic mass is 19.4. The Morgan fingerprint density at radius 3 is 2.15 bits per heavy atom. The van der Waals surface area contributed by atoms with Crippen LogP contribution >= 0.6 is 0 Å². The minimum absolute atomic E-state index is 0.182. The van der Waals surface area contributed by atoms with Crippen molar-refractivity contribution in [1.29, 1.82) is 0 Å². The SMILES string of the molecule is O=C1C(=O)N(C2CCCCC2)C(=O)N1Cc1ccc(OC(F)(F)F)cc1. The van der Waals surface area contributed by atoms with E-state index in [4.69, 9.17) is 0 Å². The molecule has 1 aromatic carbocycles. The second-order valence-corrected chi connectivity index (χ2v) is 6.33. The van der Waals surface area contributed by atoms with Gasteiger partial charge in [0.25, 0.3) is 0 Å². The summed E-state index contributed by atoms with van der Waals surface area (Å²) < 4.78 is 40.3. The van der Waals surface area contributed by atoms with Crippen LogP contribution in [0.25, 0.3) is 0 Å². The molecular formula is C17H17F3N2O4. The van der Waals surface area contributed by atoms with E-state index in [2.05, 4.69) is 4.74 Å². The Morgan fingerprint density at radius 2 is 1.58 bits per heavy atom. The Bertz CT molecular complexity index is 712. The molecule has 1 aromatic rings. The molecule has 0 unspecified atom stereocenters. The number of alkyl halides is 3. The quantitative estimate of drug-likeness (QED) is 0.603. The van der Waals surface area contributed by atoms with Gasteiger partial charge in [-0.25, -0.2) is 4.79 Å². The maximum atomic E-state index is 12.5. The molecule has 1 aliphatic carbocycles. The number of hydrogen-bond donors (Lipinski definition) is 0. The first-order valence-electron chi connectivity index (χ1n) is 8.30. The molecule has 0 radical (unpaired) electrons. The third-order valence-corrected chi connectivity index (χ3v) is 4.52. The van der Waals surface area contributed by atoms with Crippen molar-refractivity contribution in [2.75, 3.05) is 0 Å². The molecule has 0 aromatic heterocycles. The maximum absolute atomic E-state index is 12.5. The van der Waals surface area contributed by atoms with Crippen LogP contribution in [0.3, 0.4) is 0 Å². The molecule has 2 fully saturated rings. The summed E-state index contributed by atoms with van der Waals surface area (Å²) in [6, 6.07) is 3.89. The molecule has 6 nitrogen and oxygen atoms in total. The predicted molar refractivity (Wildman–Crippen MR) is 82.8 cm³/mol. The van der Waals surface area contributed by atoms with Crippen LogP contribution in [0.1, 0.15) is 37.7 Å². The number of carbonyl (C=O) groups excluding carboxylic acids is 3. The van der Waals surface area contributed by atoms with Crippen LogP contribution in [-0.4, -0.2) is 40.0 Å². The van der Waals surface area contributed by atoms with E-state index >= 15 is 0 Å². The van der Waals surface area contributed by atoms with Crippen molar-refractivity contribution in [3.63, 3.8) is 0 Å². The van der Waals surface area contributed by atoms with Crippen molar-refractivity contribution >= 4 is 17.8 Å². The summed E-state index contributed by atoms with van der Waals surface area (Å²) >= 11 is 0. The van der Waals surface area contributed by atoms with Gasteiger partial charge in [0.1, 0.15) is 5.75 Å². The molecule has 140 valence electrons. The lowest BCUT2D eigenvalue weighted by molar-refractivity contribution is -0.274. The number of carbonyl (C=O) groups is 3. The van der Waals surface area contributed by atoms with Crippen LogP contribution in [0, 0.1) is 0 Å². The molecule has 1 heterocycles. The van der Waals surface area contributed by atoms with Crippen LogP contribution in [0.4, 0.5) is 18.0 Å². The summed E-state index contributed by atoms with van der Waals surface area (Å²) in [5, 5.41) is 0. The number of hydrogen-bond acceptors (Lipinski definition) is 4. The van der Waals surface area contributed by atoms with Crippen molar-refractivity contribution in [2.45, 2.75) is 51.1 Å². The molecule has 1 saturated heterocycles. The summed E-state index contributed by atoms with van der Waals surface area (Å²) in [6.45, 7) is -0.182. The number of nitrogens with zero attached hydrogens (tertiary/aromatic N) is 2. The van der Waals surface area contributed by atoms with Gasteiger partial charge in [0.05, 0.1) is 6.54 Å². The second-order valence-electron chi connectivity index (χ2n) is 6.33. The first-order chi connectivity index (χ1) is 12.3. The van der Waals surface area contributed by atoms with Gasteiger partial charge in [0.2, 0.25) is 0 Å². The molecule has 26 heavy (non-hydrogen) atoms. The molecule has 0 N–H and O–H groups in total. The van der Waals surface area contributed by atoms with Gasteiger partial charge < -0.3 is 4.74 Å². The van der Waals surface area contributed by atoms with Crippen LogP contribution in [-0.2, 0) is 16.1 Å². The number of halogens is 3. The monoisotopic (exact) mass is 370 g/mol. The first-order valence-corrected chi connectivity index (χ1v) is 8.30. The largest absolute Gasteiger partial charge is 0.573 e. The van der Waals surface area contributed by atoms with E-state index in [9.17, 15) is 27.6 Å². The highest BCUT2D eigenvalue weighted by Crippen LogP contribution is 2.28. The fourth-order valence-corrected chi connectivity index (χ4v) is 3.30. The van der Waals surface area contributed by atoms with Gasteiger partial charge in [-0.05, 0) is 30.5 Å². The number of ether oxygens (including phenoxy) is 1. The molecule has 9 heteroatoms. The first kappa shape index (κ1) is 18.2. The third-order valence-electron chi connectivity index (χ3n) is 4.52. The van der Waals surface area contributed by atoms with Gasteiger partial charge in [-0.3, -0.25) is 19.4 Å². The lowest BCUT2D eigenvalue weighted by Gasteiger charge is -2.28. The minimum atomic E-state index is -4.80. The van der Waals surface area contributed by atoms with Gasteiger partial charge in [-0.1, -0.05) is 31.4 Å². The van der Waals surface area contributed by atoms with E-state index in [1.807, 2.05) is 0 Å². The molecule has 4 amide bonds. The summed E-state index contributed by atoms with van der Waals surface area (Å²) in [4.78, 5) is 38.7. The van der Waals surface area contributed by atoms with Crippen molar-refractivity contribution in [3.8, 4) is 5.75 Å². The lowest BCUT2D eigenvalue weighted by Crippen LogP contribution is -2.42. The van der Waals surface area contributed by atoms with Gasteiger partial charge in [0, 0.05) is 6.04 Å². The van der Waals surface area contributed by atoms with Crippen LogP contribution < -0.4 is 4.74 Å². The van der Waals surface area contributed by atoms with E-state index in [-0.39, 0.29) is 12.6 Å². The smallest absolute Gasteiger partial charge is 0.406 e. The van der Waals surface area contributed by atoms with E-state index in [0.717, 1.165) is 41.2 Å². The van der Waals surface area contributed by atoms with Gasteiger partial charge in [0.15, 0.2) is 0 Å². The van der Waals surface area contributed by atoms with Crippen molar-refractivity contribution < 1.29 is 32.3 Å². The molecule has 0 spiro atoms.